The van der Waals surface area contributed by atoms with Gasteiger partial charge in [-0.2, -0.15) is 0 Å². The lowest BCUT2D eigenvalue weighted by atomic mass is 10.1. The number of ether oxygens (including phenoxy) is 1. The van der Waals surface area contributed by atoms with Crippen LogP contribution in [0.15, 0.2) is 24.3 Å². The van der Waals surface area contributed by atoms with Crippen molar-refractivity contribution in [1.29, 1.82) is 0 Å². The highest BCUT2D eigenvalue weighted by Gasteiger charge is 2.47. The zero-order chi connectivity index (χ0) is 11.7. The number of benzene rings is 1. The molecule has 0 aromatic heterocycles. The largest absolute Gasteiger partial charge is 0.356 e. The molecule has 0 N–H and O–H groups in total. The molecule has 0 spiro atoms. The third-order valence-electron chi connectivity index (χ3n) is 2.23. The van der Waals surface area contributed by atoms with Crippen LogP contribution in [0.3, 0.4) is 0 Å². The van der Waals surface area contributed by atoms with E-state index in [1.54, 1.807) is 0 Å². The third kappa shape index (κ3) is 1.98. The molecule has 0 bridgehead atoms. The summed E-state index contributed by atoms with van der Waals surface area (Å²) in [6.45, 7) is 0. The van der Waals surface area contributed by atoms with Gasteiger partial charge in [0.05, 0.1) is 4.92 Å². The highest BCUT2D eigenvalue weighted by molar-refractivity contribution is 6.13. The topological polar surface area (TPSA) is 82.0 Å². The van der Waals surface area contributed by atoms with Crippen LogP contribution in [0.5, 0.6) is 0 Å². The van der Waals surface area contributed by atoms with Gasteiger partial charge in [-0.05, 0) is 17.7 Å². The van der Waals surface area contributed by atoms with Gasteiger partial charge in [0.15, 0.2) is 6.10 Å². The third-order valence-corrected chi connectivity index (χ3v) is 2.38. The number of non-ortho nitro benzene ring substituents is 1. The van der Waals surface area contributed by atoms with Crippen molar-refractivity contribution in [2.75, 3.05) is 0 Å². The standard InChI is InChI=1S/C9H6ClNO5/c10-16-9(12)8-7(15-8)5-1-3-6(4-2-5)11(13)14/h1-4,7-8H. The molecule has 0 aliphatic carbocycles. The Morgan fingerprint density at radius 1 is 1.44 bits per heavy atom. The predicted octanol–water partition coefficient (Wildman–Crippen LogP) is 1.73. The summed E-state index contributed by atoms with van der Waals surface area (Å²) in [4.78, 5) is 20.8. The summed E-state index contributed by atoms with van der Waals surface area (Å²) in [5, 5.41) is 10.4. The summed E-state index contributed by atoms with van der Waals surface area (Å²) in [6, 6.07) is 5.76. The number of hydrogen-bond donors (Lipinski definition) is 0. The molecule has 7 heteroatoms. The first kappa shape index (κ1) is 10.8. The maximum Gasteiger partial charge on any atom is 0.356 e. The van der Waals surface area contributed by atoms with E-state index in [4.69, 9.17) is 16.6 Å². The van der Waals surface area contributed by atoms with Crippen molar-refractivity contribution in [3.63, 3.8) is 0 Å². The van der Waals surface area contributed by atoms with Gasteiger partial charge >= 0.3 is 5.97 Å². The number of carbonyl (C=O) groups excluding carboxylic acids is 1. The Hall–Kier alpha value is -1.66. The minimum Gasteiger partial charge on any atom is -0.352 e. The van der Waals surface area contributed by atoms with E-state index in [1.165, 1.54) is 24.3 Å². The average molecular weight is 244 g/mol. The average Bonchev–Trinajstić information content (AvgIpc) is 3.08. The highest BCUT2D eigenvalue weighted by Crippen LogP contribution is 2.39. The van der Waals surface area contributed by atoms with E-state index in [9.17, 15) is 14.9 Å². The van der Waals surface area contributed by atoms with E-state index in [-0.39, 0.29) is 5.69 Å². The molecule has 2 atom stereocenters. The number of nitro groups is 1. The summed E-state index contributed by atoms with van der Waals surface area (Å²) in [5.41, 5.74) is 0.665. The van der Waals surface area contributed by atoms with Crippen LogP contribution in [0, 0.1) is 10.1 Å². The van der Waals surface area contributed by atoms with Crippen molar-refractivity contribution in [2.45, 2.75) is 12.2 Å². The van der Waals surface area contributed by atoms with E-state index in [0.29, 0.717) is 5.56 Å². The number of carbonyl (C=O) groups is 1. The van der Waals surface area contributed by atoms with Crippen molar-refractivity contribution in [3.8, 4) is 0 Å². The van der Waals surface area contributed by atoms with Crippen LogP contribution >= 0.6 is 11.9 Å². The quantitative estimate of drug-likeness (QED) is 0.459. The lowest BCUT2D eigenvalue weighted by molar-refractivity contribution is -0.384. The van der Waals surface area contributed by atoms with Crippen LogP contribution in [0.1, 0.15) is 11.7 Å². The van der Waals surface area contributed by atoms with E-state index >= 15 is 0 Å². The van der Waals surface area contributed by atoms with E-state index in [1.807, 2.05) is 0 Å². The van der Waals surface area contributed by atoms with Gasteiger partial charge < -0.3 is 9.03 Å². The van der Waals surface area contributed by atoms with E-state index in [2.05, 4.69) is 4.29 Å². The fraction of sp³-hybridized carbons (Fsp3) is 0.222. The second kappa shape index (κ2) is 4.07. The normalized spacial score (nSPS) is 22.6. The number of nitro benzene ring substituents is 1. The molecule has 0 radical (unpaired) electrons. The van der Waals surface area contributed by atoms with Crippen molar-refractivity contribution in [2.24, 2.45) is 0 Å². The highest BCUT2D eigenvalue weighted by atomic mass is 35.5. The second-order valence-electron chi connectivity index (χ2n) is 3.22. The first-order valence-electron chi connectivity index (χ1n) is 4.35. The number of epoxide rings is 1. The maximum atomic E-state index is 10.9. The fourth-order valence-corrected chi connectivity index (χ4v) is 1.46. The predicted molar refractivity (Wildman–Crippen MR) is 52.7 cm³/mol. The van der Waals surface area contributed by atoms with Gasteiger partial charge in [0.25, 0.3) is 5.69 Å². The molecule has 1 saturated heterocycles. The van der Waals surface area contributed by atoms with Crippen LogP contribution in [-0.2, 0) is 13.8 Å². The molecule has 1 aromatic carbocycles. The summed E-state index contributed by atoms with van der Waals surface area (Å²) >= 11 is 4.89. The molecule has 0 amide bonds. The molecule has 16 heavy (non-hydrogen) atoms. The Bertz CT molecular complexity index is 432. The van der Waals surface area contributed by atoms with Crippen molar-refractivity contribution < 1.29 is 18.7 Å². The second-order valence-corrected chi connectivity index (χ2v) is 3.38. The van der Waals surface area contributed by atoms with Gasteiger partial charge in [-0.3, -0.25) is 10.1 Å². The Labute approximate surface area is 95.0 Å². The SMILES string of the molecule is O=C(OCl)C1OC1c1ccc([N+](=O)[O-])cc1. The van der Waals surface area contributed by atoms with Crippen LogP contribution in [-0.4, -0.2) is 17.0 Å². The maximum absolute atomic E-state index is 10.9. The Morgan fingerprint density at radius 2 is 2.06 bits per heavy atom. The minimum atomic E-state index is -0.709. The van der Waals surface area contributed by atoms with Crippen LogP contribution < -0.4 is 0 Å². The number of hydrogen-bond acceptors (Lipinski definition) is 5. The summed E-state index contributed by atoms with van der Waals surface area (Å²) in [5.74, 6) is -0.662. The monoisotopic (exact) mass is 243 g/mol. The number of halogens is 1. The molecule has 1 fully saturated rings. The van der Waals surface area contributed by atoms with Crippen LogP contribution in [0.25, 0.3) is 0 Å². The van der Waals surface area contributed by atoms with Crippen LogP contribution in [0.2, 0.25) is 0 Å². The summed E-state index contributed by atoms with van der Waals surface area (Å²) in [7, 11) is 0. The van der Waals surface area contributed by atoms with Gasteiger partial charge in [-0.1, -0.05) is 0 Å². The van der Waals surface area contributed by atoms with Gasteiger partial charge in [0.2, 0.25) is 0 Å². The molecule has 1 aliphatic rings. The zero-order valence-corrected chi connectivity index (χ0v) is 8.59. The zero-order valence-electron chi connectivity index (χ0n) is 7.83. The van der Waals surface area contributed by atoms with Gasteiger partial charge in [0, 0.05) is 12.1 Å². The summed E-state index contributed by atoms with van der Waals surface area (Å²) < 4.78 is 9.02. The van der Waals surface area contributed by atoms with Gasteiger partial charge in [0.1, 0.15) is 18.0 Å². The molecule has 84 valence electrons. The first-order valence-corrected chi connectivity index (χ1v) is 4.66. The molecule has 0 saturated carbocycles. The summed E-state index contributed by atoms with van der Waals surface area (Å²) in [6.07, 6.45) is -1.13. The Morgan fingerprint density at radius 3 is 2.56 bits per heavy atom. The van der Waals surface area contributed by atoms with E-state index < -0.39 is 23.1 Å². The molecular weight excluding hydrogens is 238 g/mol. The van der Waals surface area contributed by atoms with Crippen molar-refractivity contribution >= 4 is 23.5 Å². The molecule has 1 heterocycles. The van der Waals surface area contributed by atoms with Gasteiger partial charge in [-0.25, -0.2) is 4.79 Å². The number of nitrogens with zero attached hydrogens (tertiary/aromatic N) is 1. The molecule has 1 aromatic rings. The lowest BCUT2D eigenvalue weighted by Crippen LogP contribution is -2.06. The fourth-order valence-electron chi connectivity index (χ4n) is 1.37. The first-order chi connectivity index (χ1) is 7.63. The van der Waals surface area contributed by atoms with Crippen LogP contribution in [0.4, 0.5) is 5.69 Å². The molecule has 1 aliphatic heterocycles. The lowest BCUT2D eigenvalue weighted by Gasteiger charge is -1.95. The minimum absolute atomic E-state index is 0.0131. The molecule has 6 nitrogen and oxygen atoms in total. The van der Waals surface area contributed by atoms with Crippen molar-refractivity contribution in [3.05, 3.63) is 39.9 Å². The van der Waals surface area contributed by atoms with E-state index in [0.717, 1.165) is 0 Å². The van der Waals surface area contributed by atoms with Gasteiger partial charge in [-0.15, -0.1) is 0 Å². The number of rotatable bonds is 3. The Balaban J connectivity index is 2.07. The Kier molecular flexibility index (Phi) is 2.76. The van der Waals surface area contributed by atoms with Crippen molar-refractivity contribution in [1.82, 2.24) is 0 Å². The molecule has 2 rings (SSSR count). The molecule has 2 unspecified atom stereocenters. The molecular formula is C9H6ClNO5. The smallest absolute Gasteiger partial charge is 0.352 e.